The van der Waals surface area contributed by atoms with Gasteiger partial charge in [0.2, 0.25) is 0 Å². The Morgan fingerprint density at radius 3 is 2.69 bits per heavy atom. The highest BCUT2D eigenvalue weighted by atomic mass is 32.2. The maximum absolute atomic E-state index is 13.4. The van der Waals surface area contributed by atoms with Gasteiger partial charge in [-0.15, -0.1) is 6.58 Å². The van der Waals surface area contributed by atoms with E-state index in [1.54, 1.807) is 24.3 Å². The number of nitrogens with one attached hydrogen (secondary N) is 2. The van der Waals surface area contributed by atoms with Crippen LogP contribution in [0.3, 0.4) is 0 Å². The Balaban J connectivity index is 1.63. The number of sulfone groups is 1. The Morgan fingerprint density at radius 2 is 2.06 bits per heavy atom. The van der Waals surface area contributed by atoms with Crippen molar-refractivity contribution in [1.29, 1.82) is 5.26 Å². The number of hydrogen-bond donors (Lipinski definition) is 3. The summed E-state index contributed by atoms with van der Waals surface area (Å²) in [6, 6.07) is 9.88. The van der Waals surface area contributed by atoms with E-state index in [4.69, 9.17) is 5.26 Å². The minimum absolute atomic E-state index is 0.0620. The number of aromatic amines is 1. The summed E-state index contributed by atoms with van der Waals surface area (Å²) in [5.74, 6) is -0.482. The van der Waals surface area contributed by atoms with Crippen molar-refractivity contribution in [2.24, 2.45) is 0 Å². The Kier molecular flexibility index (Phi) is 7.40. The summed E-state index contributed by atoms with van der Waals surface area (Å²) in [7, 11) is -1.75. The maximum atomic E-state index is 13.4. The number of nitrogens with zero attached hydrogens (tertiary/aromatic N) is 4. The molecule has 3 aromatic rings. The number of carbonyl (C=O) groups is 1. The molecule has 1 aromatic carbocycles. The summed E-state index contributed by atoms with van der Waals surface area (Å²) in [5, 5.41) is 21.6. The molecule has 36 heavy (non-hydrogen) atoms. The molecule has 1 aliphatic rings. The van der Waals surface area contributed by atoms with Gasteiger partial charge in [-0.25, -0.2) is 8.42 Å². The Bertz CT molecular complexity index is 1420. The molecular formula is C25H28N6O4S. The average molecular weight is 509 g/mol. The largest absolute Gasteiger partial charge is 0.494 e. The number of nitriles is 1. The van der Waals surface area contributed by atoms with E-state index in [-0.39, 0.29) is 29.6 Å². The van der Waals surface area contributed by atoms with Crippen molar-refractivity contribution in [2.75, 3.05) is 39.8 Å². The van der Waals surface area contributed by atoms with Crippen molar-refractivity contribution >= 4 is 26.6 Å². The van der Waals surface area contributed by atoms with Gasteiger partial charge < -0.3 is 20.3 Å². The van der Waals surface area contributed by atoms with Gasteiger partial charge in [0, 0.05) is 55.4 Å². The Labute approximate surface area is 209 Å². The molecule has 1 atom stereocenters. The zero-order valence-electron chi connectivity index (χ0n) is 19.9. The smallest absolute Gasteiger partial charge is 0.251 e. The Hall–Kier alpha value is -3.72. The number of amides is 1. The molecule has 0 spiro atoms. The topological polar surface area (TPSA) is 142 Å². The molecule has 4 rings (SSSR count). The third-order valence-corrected chi connectivity index (χ3v) is 8.33. The summed E-state index contributed by atoms with van der Waals surface area (Å²) in [6.45, 7) is 6.77. The molecule has 1 amide bonds. The SMILES string of the molecule is C=CC(N1CCN(C)CC1)S(=O)(=O)c1ccc(-c2c(O)[nH]c3ccc(C(=O)NCCC#N)cc23)nc1. The summed E-state index contributed by atoms with van der Waals surface area (Å²) in [4.78, 5) is 23.7. The van der Waals surface area contributed by atoms with Crippen LogP contribution in [-0.2, 0) is 9.84 Å². The minimum atomic E-state index is -3.75. The molecule has 0 aliphatic carbocycles. The van der Waals surface area contributed by atoms with E-state index in [0.717, 1.165) is 13.1 Å². The zero-order chi connectivity index (χ0) is 25.9. The number of fused-ring (bicyclic) bond motifs is 1. The van der Waals surface area contributed by atoms with E-state index in [9.17, 15) is 18.3 Å². The number of pyridine rings is 1. The van der Waals surface area contributed by atoms with Crippen molar-refractivity contribution in [2.45, 2.75) is 16.7 Å². The molecule has 0 bridgehead atoms. The highest BCUT2D eigenvalue weighted by Gasteiger charge is 2.32. The predicted molar refractivity (Wildman–Crippen MR) is 136 cm³/mol. The van der Waals surface area contributed by atoms with Crippen LogP contribution in [0.15, 0.2) is 54.1 Å². The second-order valence-corrected chi connectivity index (χ2v) is 10.7. The number of aromatic hydroxyl groups is 1. The number of H-pyrrole nitrogens is 1. The first kappa shape index (κ1) is 25.4. The number of benzene rings is 1. The van der Waals surface area contributed by atoms with E-state index >= 15 is 0 Å². The number of carbonyl (C=O) groups excluding carboxylic acids is 1. The van der Waals surface area contributed by atoms with Gasteiger partial charge in [-0.3, -0.25) is 14.7 Å². The molecule has 1 aliphatic heterocycles. The lowest BCUT2D eigenvalue weighted by Gasteiger charge is -2.36. The summed E-state index contributed by atoms with van der Waals surface area (Å²) in [5.41, 5.74) is 1.67. The standard InChI is InChI=1S/C25H28N6O4S/c1-3-22(31-13-11-30(2)12-14-31)36(34,35)18-6-8-21(28-16-18)23-19-15-17(24(32)27-10-4-9-26)5-7-20(19)29-25(23)33/h3,5-8,15-16,22,29,33H,1,4,10-14H2,2H3,(H,27,32). The number of aromatic nitrogens is 2. The van der Waals surface area contributed by atoms with Crippen molar-refractivity contribution in [3.63, 3.8) is 0 Å². The lowest BCUT2D eigenvalue weighted by Crippen LogP contribution is -2.50. The molecule has 10 nitrogen and oxygen atoms in total. The van der Waals surface area contributed by atoms with E-state index in [2.05, 4.69) is 26.8 Å². The molecule has 0 saturated carbocycles. The van der Waals surface area contributed by atoms with Crippen LogP contribution in [0.4, 0.5) is 0 Å². The number of hydrogen-bond acceptors (Lipinski definition) is 8. The predicted octanol–water partition coefficient (Wildman–Crippen LogP) is 2.11. The fourth-order valence-electron chi connectivity index (χ4n) is 4.30. The van der Waals surface area contributed by atoms with E-state index in [1.807, 2.05) is 18.0 Å². The van der Waals surface area contributed by atoms with Crippen LogP contribution in [0.25, 0.3) is 22.2 Å². The van der Waals surface area contributed by atoms with Crippen LogP contribution < -0.4 is 5.32 Å². The van der Waals surface area contributed by atoms with Gasteiger partial charge in [-0.2, -0.15) is 5.26 Å². The highest BCUT2D eigenvalue weighted by Crippen LogP contribution is 2.36. The van der Waals surface area contributed by atoms with Gasteiger partial charge in [-0.1, -0.05) is 6.08 Å². The molecule has 1 unspecified atom stereocenters. The van der Waals surface area contributed by atoms with Gasteiger partial charge in [0.05, 0.1) is 28.6 Å². The van der Waals surface area contributed by atoms with Crippen LogP contribution in [0.1, 0.15) is 16.8 Å². The molecule has 2 aromatic heterocycles. The highest BCUT2D eigenvalue weighted by molar-refractivity contribution is 7.92. The van der Waals surface area contributed by atoms with Crippen LogP contribution in [0, 0.1) is 11.3 Å². The molecule has 11 heteroatoms. The van der Waals surface area contributed by atoms with E-state index in [0.29, 0.717) is 40.8 Å². The second-order valence-electron chi connectivity index (χ2n) is 8.66. The van der Waals surface area contributed by atoms with Crippen LogP contribution in [-0.4, -0.2) is 84.3 Å². The number of piperazine rings is 1. The molecule has 1 saturated heterocycles. The first-order chi connectivity index (χ1) is 17.3. The van der Waals surface area contributed by atoms with E-state index < -0.39 is 15.2 Å². The van der Waals surface area contributed by atoms with Crippen molar-refractivity contribution < 1.29 is 18.3 Å². The van der Waals surface area contributed by atoms with Crippen molar-refractivity contribution in [3.8, 4) is 23.2 Å². The van der Waals surface area contributed by atoms with Crippen molar-refractivity contribution in [3.05, 3.63) is 54.7 Å². The number of likely N-dealkylation sites (N-methyl/N-ethyl adjacent to an activating group) is 1. The van der Waals surface area contributed by atoms with Crippen molar-refractivity contribution in [1.82, 2.24) is 25.1 Å². The van der Waals surface area contributed by atoms with Gasteiger partial charge in [0.15, 0.2) is 15.7 Å². The van der Waals surface area contributed by atoms with Crippen LogP contribution in [0.5, 0.6) is 5.88 Å². The maximum Gasteiger partial charge on any atom is 0.251 e. The Morgan fingerprint density at radius 1 is 1.31 bits per heavy atom. The molecular weight excluding hydrogens is 480 g/mol. The van der Waals surface area contributed by atoms with Crippen LogP contribution >= 0.6 is 0 Å². The van der Waals surface area contributed by atoms with Gasteiger partial charge in [-0.05, 0) is 37.4 Å². The van der Waals surface area contributed by atoms with Gasteiger partial charge >= 0.3 is 0 Å². The normalized spacial score (nSPS) is 15.9. The summed E-state index contributed by atoms with van der Waals surface area (Å²) < 4.78 is 26.7. The first-order valence-electron chi connectivity index (χ1n) is 11.5. The molecule has 3 heterocycles. The molecule has 0 radical (unpaired) electrons. The third-order valence-electron chi connectivity index (χ3n) is 6.30. The van der Waals surface area contributed by atoms with Crippen LogP contribution in [0.2, 0.25) is 0 Å². The zero-order valence-corrected chi connectivity index (χ0v) is 20.8. The lowest BCUT2D eigenvalue weighted by molar-refractivity contribution is 0.0954. The minimum Gasteiger partial charge on any atom is -0.494 e. The summed E-state index contributed by atoms with van der Waals surface area (Å²) in [6.07, 6.45) is 2.93. The third kappa shape index (κ3) is 4.97. The molecule has 1 fully saturated rings. The monoisotopic (exact) mass is 508 g/mol. The number of rotatable bonds is 8. The first-order valence-corrected chi connectivity index (χ1v) is 13.1. The van der Waals surface area contributed by atoms with Gasteiger partial charge in [0.25, 0.3) is 5.91 Å². The fraction of sp³-hybridized carbons (Fsp3) is 0.320. The average Bonchev–Trinajstić information content (AvgIpc) is 3.20. The summed E-state index contributed by atoms with van der Waals surface area (Å²) >= 11 is 0. The lowest BCUT2D eigenvalue weighted by atomic mass is 10.1. The quantitative estimate of drug-likeness (QED) is 0.310. The molecule has 188 valence electrons. The molecule has 3 N–H and O–H groups in total. The van der Waals surface area contributed by atoms with E-state index in [1.165, 1.54) is 18.3 Å². The van der Waals surface area contributed by atoms with Gasteiger partial charge in [0.1, 0.15) is 5.37 Å². The fourth-order valence-corrected chi connectivity index (χ4v) is 5.89. The second kappa shape index (κ2) is 10.5.